The lowest BCUT2D eigenvalue weighted by molar-refractivity contribution is -0.109. The van der Waals surface area contributed by atoms with Crippen LogP contribution in [0, 0.1) is 0 Å². The van der Waals surface area contributed by atoms with Crippen LogP contribution in [0.25, 0.3) is 0 Å². The fourth-order valence-corrected chi connectivity index (χ4v) is 1.79. The van der Waals surface area contributed by atoms with E-state index in [4.69, 9.17) is 4.84 Å². The van der Waals surface area contributed by atoms with Crippen LogP contribution in [0.1, 0.15) is 29.6 Å². The van der Waals surface area contributed by atoms with Gasteiger partial charge in [-0.3, -0.25) is 0 Å². The molecule has 0 saturated heterocycles. The number of carbonyl (C=O) groups excluding carboxylic acids is 1. The summed E-state index contributed by atoms with van der Waals surface area (Å²) in [5.74, 6) is -0.268. The summed E-state index contributed by atoms with van der Waals surface area (Å²) in [5, 5.41) is 1.76. The van der Waals surface area contributed by atoms with Crippen molar-refractivity contribution < 1.29 is 9.63 Å². The summed E-state index contributed by atoms with van der Waals surface area (Å²) in [6.45, 7) is 1.58. The van der Waals surface area contributed by atoms with Gasteiger partial charge in [-0.05, 0) is 31.4 Å². The van der Waals surface area contributed by atoms with E-state index in [1.54, 1.807) is 17.2 Å². The molecule has 0 N–H and O–H groups in total. The zero-order chi connectivity index (χ0) is 11.9. The molecule has 1 heterocycles. The number of hydrogen-bond acceptors (Lipinski definition) is 3. The Bertz CT molecular complexity index is 386. The van der Waals surface area contributed by atoms with Gasteiger partial charge in [0.25, 0.3) is 0 Å². The quantitative estimate of drug-likeness (QED) is 0.733. The van der Waals surface area contributed by atoms with Crippen molar-refractivity contribution in [2.45, 2.75) is 19.3 Å². The molecule has 3 nitrogen and oxygen atoms in total. The normalized spacial score (nSPS) is 17.2. The highest BCUT2D eigenvalue weighted by atomic mass is 16.7. The Kier molecular flexibility index (Phi) is 4.33. The Morgan fingerprint density at radius 2 is 1.82 bits per heavy atom. The topological polar surface area (TPSA) is 29.5 Å². The van der Waals surface area contributed by atoms with Crippen LogP contribution >= 0.6 is 0 Å². The van der Waals surface area contributed by atoms with Crippen molar-refractivity contribution in [2.24, 2.45) is 0 Å². The average Bonchev–Trinajstić information content (AvgIpc) is 2.33. The van der Waals surface area contributed by atoms with Crippen LogP contribution in [-0.4, -0.2) is 24.1 Å². The van der Waals surface area contributed by atoms with E-state index in [-0.39, 0.29) is 5.97 Å². The van der Waals surface area contributed by atoms with Crippen LogP contribution in [0.2, 0.25) is 0 Å². The SMILES string of the molecule is O=C(ON1CCC=CCCC1)c1ccccc1. The van der Waals surface area contributed by atoms with E-state index in [2.05, 4.69) is 12.2 Å². The number of carbonyl (C=O) groups is 1. The molecule has 17 heavy (non-hydrogen) atoms. The van der Waals surface area contributed by atoms with Crippen molar-refractivity contribution in [2.75, 3.05) is 13.1 Å². The molecular formula is C14H17NO2. The minimum atomic E-state index is -0.268. The maximum Gasteiger partial charge on any atom is 0.357 e. The molecule has 1 aromatic carbocycles. The number of hydroxylamine groups is 2. The molecule has 1 aromatic rings. The van der Waals surface area contributed by atoms with Gasteiger partial charge in [0.05, 0.1) is 5.56 Å². The molecule has 0 radical (unpaired) electrons. The molecule has 0 atom stereocenters. The van der Waals surface area contributed by atoms with Crippen LogP contribution in [0.5, 0.6) is 0 Å². The molecule has 0 unspecified atom stereocenters. The van der Waals surface area contributed by atoms with Gasteiger partial charge in [0, 0.05) is 13.1 Å². The van der Waals surface area contributed by atoms with Crippen molar-refractivity contribution in [3.63, 3.8) is 0 Å². The molecule has 0 aromatic heterocycles. The highest BCUT2D eigenvalue weighted by Gasteiger charge is 2.13. The number of allylic oxidation sites excluding steroid dienone is 1. The second-order valence-electron chi connectivity index (χ2n) is 4.08. The molecule has 1 aliphatic rings. The van der Waals surface area contributed by atoms with Crippen LogP contribution < -0.4 is 0 Å². The number of nitrogens with zero attached hydrogens (tertiary/aromatic N) is 1. The van der Waals surface area contributed by atoms with Gasteiger partial charge in [0.2, 0.25) is 0 Å². The molecule has 0 fully saturated rings. The van der Waals surface area contributed by atoms with Gasteiger partial charge in [-0.2, -0.15) is 0 Å². The fraction of sp³-hybridized carbons (Fsp3) is 0.357. The standard InChI is InChI=1S/C14H17NO2/c16-14(13-9-5-4-6-10-13)17-15-11-7-2-1-3-8-12-15/h1-2,4-6,9-10H,3,7-8,11-12H2. The monoisotopic (exact) mass is 231 g/mol. The largest absolute Gasteiger partial charge is 0.364 e. The van der Waals surface area contributed by atoms with Gasteiger partial charge in [-0.1, -0.05) is 30.4 Å². The third-order valence-electron chi connectivity index (χ3n) is 2.71. The highest BCUT2D eigenvalue weighted by Crippen LogP contribution is 2.08. The summed E-state index contributed by atoms with van der Waals surface area (Å²) in [6, 6.07) is 9.11. The van der Waals surface area contributed by atoms with Gasteiger partial charge in [-0.25, -0.2) is 4.79 Å². The maximum atomic E-state index is 11.8. The lowest BCUT2D eigenvalue weighted by Gasteiger charge is -2.21. The number of hydrogen-bond donors (Lipinski definition) is 0. The second kappa shape index (κ2) is 6.21. The average molecular weight is 231 g/mol. The summed E-state index contributed by atoms with van der Waals surface area (Å²) in [6.07, 6.45) is 7.35. The first-order valence-corrected chi connectivity index (χ1v) is 6.03. The predicted molar refractivity (Wildman–Crippen MR) is 66.4 cm³/mol. The fourth-order valence-electron chi connectivity index (χ4n) is 1.79. The molecule has 90 valence electrons. The molecule has 0 aliphatic carbocycles. The van der Waals surface area contributed by atoms with E-state index in [9.17, 15) is 4.79 Å². The van der Waals surface area contributed by atoms with Crippen LogP contribution in [0.4, 0.5) is 0 Å². The van der Waals surface area contributed by atoms with Gasteiger partial charge in [0.1, 0.15) is 0 Å². The number of benzene rings is 1. The second-order valence-corrected chi connectivity index (χ2v) is 4.08. The molecule has 2 rings (SSSR count). The minimum Gasteiger partial charge on any atom is -0.364 e. The highest BCUT2D eigenvalue weighted by molar-refractivity contribution is 5.89. The van der Waals surface area contributed by atoms with E-state index in [0.29, 0.717) is 5.56 Å². The van der Waals surface area contributed by atoms with E-state index >= 15 is 0 Å². The van der Waals surface area contributed by atoms with Gasteiger partial charge < -0.3 is 4.84 Å². The van der Waals surface area contributed by atoms with E-state index in [0.717, 1.165) is 32.4 Å². The lowest BCUT2D eigenvalue weighted by Crippen LogP contribution is -2.29. The van der Waals surface area contributed by atoms with Crippen molar-refractivity contribution in [3.8, 4) is 0 Å². The summed E-state index contributed by atoms with van der Waals surface area (Å²) in [5.41, 5.74) is 0.602. The predicted octanol–water partition coefficient (Wildman–Crippen LogP) is 2.80. The molecule has 1 aliphatic heterocycles. The summed E-state index contributed by atoms with van der Waals surface area (Å²) < 4.78 is 0. The molecule has 0 bridgehead atoms. The maximum absolute atomic E-state index is 11.8. The first kappa shape index (κ1) is 11.9. The zero-order valence-corrected chi connectivity index (χ0v) is 9.84. The third kappa shape index (κ3) is 3.71. The van der Waals surface area contributed by atoms with Crippen LogP contribution in [-0.2, 0) is 4.84 Å². The van der Waals surface area contributed by atoms with Gasteiger partial charge in [0.15, 0.2) is 0 Å². The zero-order valence-electron chi connectivity index (χ0n) is 9.84. The van der Waals surface area contributed by atoms with Crippen molar-refractivity contribution in [1.82, 2.24) is 5.06 Å². The minimum absolute atomic E-state index is 0.268. The Labute approximate surface area is 102 Å². The molecule has 0 amide bonds. The summed E-state index contributed by atoms with van der Waals surface area (Å²) in [4.78, 5) is 17.2. The van der Waals surface area contributed by atoms with Crippen LogP contribution in [0.3, 0.4) is 0 Å². The van der Waals surface area contributed by atoms with Crippen molar-refractivity contribution >= 4 is 5.97 Å². The first-order valence-electron chi connectivity index (χ1n) is 6.03. The Morgan fingerprint density at radius 1 is 1.06 bits per heavy atom. The third-order valence-corrected chi connectivity index (χ3v) is 2.71. The van der Waals surface area contributed by atoms with E-state index < -0.39 is 0 Å². The Morgan fingerprint density at radius 3 is 2.65 bits per heavy atom. The van der Waals surface area contributed by atoms with Gasteiger partial charge in [-0.15, -0.1) is 5.06 Å². The summed E-state index contributed by atoms with van der Waals surface area (Å²) in [7, 11) is 0. The lowest BCUT2D eigenvalue weighted by atomic mass is 10.2. The van der Waals surface area contributed by atoms with Crippen molar-refractivity contribution in [1.29, 1.82) is 0 Å². The van der Waals surface area contributed by atoms with Crippen molar-refractivity contribution in [3.05, 3.63) is 48.0 Å². The Hall–Kier alpha value is -1.61. The van der Waals surface area contributed by atoms with Gasteiger partial charge >= 0.3 is 5.97 Å². The number of rotatable bonds is 2. The first-order chi connectivity index (χ1) is 8.36. The van der Waals surface area contributed by atoms with E-state index in [1.807, 2.05) is 18.2 Å². The summed E-state index contributed by atoms with van der Waals surface area (Å²) >= 11 is 0. The van der Waals surface area contributed by atoms with E-state index in [1.165, 1.54) is 0 Å². The molecule has 0 spiro atoms. The molecule has 3 heteroatoms. The smallest absolute Gasteiger partial charge is 0.357 e. The van der Waals surface area contributed by atoms with Crippen LogP contribution in [0.15, 0.2) is 42.5 Å². The Balaban J connectivity index is 1.91. The molecule has 0 saturated carbocycles. The molecular weight excluding hydrogens is 214 g/mol.